The van der Waals surface area contributed by atoms with Crippen molar-refractivity contribution in [3.63, 3.8) is 0 Å². The molecule has 2 aromatic carbocycles. The fourth-order valence-corrected chi connectivity index (χ4v) is 3.70. The zero-order chi connectivity index (χ0) is 20.6. The van der Waals surface area contributed by atoms with E-state index in [1.165, 1.54) is 16.8 Å². The number of nitrogens with zero attached hydrogens (tertiary/aromatic N) is 4. The van der Waals surface area contributed by atoms with E-state index < -0.39 is 0 Å². The fourth-order valence-electron chi connectivity index (χ4n) is 3.70. The summed E-state index contributed by atoms with van der Waals surface area (Å²) in [7, 11) is 7.77. The van der Waals surface area contributed by atoms with Crippen LogP contribution in [-0.2, 0) is 13.1 Å². The van der Waals surface area contributed by atoms with E-state index in [2.05, 4.69) is 75.5 Å². The second kappa shape index (κ2) is 10.2. The third kappa shape index (κ3) is 5.64. The molecule has 6 nitrogen and oxygen atoms in total. The number of rotatable bonds is 6. The molecule has 0 spiro atoms. The van der Waals surface area contributed by atoms with Crippen LogP contribution >= 0.6 is 0 Å². The van der Waals surface area contributed by atoms with Crippen molar-refractivity contribution >= 4 is 11.6 Å². The molecule has 0 amide bonds. The zero-order valence-corrected chi connectivity index (χ0v) is 18.1. The van der Waals surface area contributed by atoms with Crippen LogP contribution < -0.4 is 15.0 Å². The first kappa shape index (κ1) is 21.0. The van der Waals surface area contributed by atoms with E-state index in [1.54, 1.807) is 7.11 Å². The van der Waals surface area contributed by atoms with Gasteiger partial charge in [0.25, 0.3) is 0 Å². The average Bonchev–Trinajstić information content (AvgIpc) is 2.75. The number of hydrogen-bond donors (Lipinski definition) is 1. The first-order valence-corrected chi connectivity index (χ1v) is 10.2. The molecule has 0 bridgehead atoms. The lowest BCUT2D eigenvalue weighted by Gasteiger charge is -2.37. The highest BCUT2D eigenvalue weighted by atomic mass is 16.5. The van der Waals surface area contributed by atoms with Gasteiger partial charge in [-0.3, -0.25) is 4.99 Å². The van der Waals surface area contributed by atoms with Crippen LogP contribution in [0.5, 0.6) is 5.75 Å². The Kier molecular flexibility index (Phi) is 7.36. The Balaban J connectivity index is 1.55. The van der Waals surface area contributed by atoms with Crippen LogP contribution in [0.2, 0.25) is 0 Å². The Labute approximate surface area is 174 Å². The summed E-state index contributed by atoms with van der Waals surface area (Å²) in [6.07, 6.45) is 0. The smallest absolute Gasteiger partial charge is 0.194 e. The van der Waals surface area contributed by atoms with Crippen molar-refractivity contribution in [1.29, 1.82) is 0 Å². The van der Waals surface area contributed by atoms with Crippen molar-refractivity contribution in [3.8, 4) is 5.75 Å². The van der Waals surface area contributed by atoms with E-state index in [-0.39, 0.29) is 0 Å². The molecular weight excluding hydrogens is 362 g/mol. The fraction of sp³-hybridized carbons (Fsp3) is 0.435. The molecule has 1 saturated heterocycles. The van der Waals surface area contributed by atoms with Crippen molar-refractivity contribution in [2.24, 2.45) is 4.99 Å². The van der Waals surface area contributed by atoms with Crippen LogP contribution in [0.4, 0.5) is 5.69 Å². The lowest BCUT2D eigenvalue weighted by molar-refractivity contribution is 0.371. The van der Waals surface area contributed by atoms with Crippen molar-refractivity contribution in [2.75, 3.05) is 59.3 Å². The van der Waals surface area contributed by atoms with E-state index >= 15 is 0 Å². The summed E-state index contributed by atoms with van der Waals surface area (Å²) in [6.45, 7) is 5.58. The molecule has 2 aromatic rings. The van der Waals surface area contributed by atoms with Crippen LogP contribution in [0.15, 0.2) is 53.5 Å². The van der Waals surface area contributed by atoms with Crippen LogP contribution in [-0.4, -0.2) is 70.2 Å². The topological polar surface area (TPSA) is 43.3 Å². The van der Waals surface area contributed by atoms with Crippen LogP contribution in [0.25, 0.3) is 0 Å². The summed E-state index contributed by atoms with van der Waals surface area (Å²) in [5.74, 6) is 1.87. The molecule has 0 unspecified atom stereocenters. The Bertz CT molecular complexity index is 795. The molecule has 156 valence electrons. The van der Waals surface area contributed by atoms with E-state index in [4.69, 9.17) is 4.74 Å². The average molecular weight is 396 g/mol. The summed E-state index contributed by atoms with van der Waals surface area (Å²) in [6, 6.07) is 16.9. The Morgan fingerprint density at radius 1 is 1.00 bits per heavy atom. The summed E-state index contributed by atoms with van der Waals surface area (Å²) in [4.78, 5) is 11.5. The molecule has 0 atom stereocenters. The van der Waals surface area contributed by atoms with Gasteiger partial charge in [-0.05, 0) is 49.5 Å². The minimum atomic E-state index is 0.787. The van der Waals surface area contributed by atoms with Crippen molar-refractivity contribution in [3.05, 3.63) is 59.7 Å². The van der Waals surface area contributed by atoms with Crippen LogP contribution in [0, 0.1) is 0 Å². The first-order valence-electron chi connectivity index (χ1n) is 10.2. The number of nitrogens with one attached hydrogen (secondary N) is 1. The maximum atomic E-state index is 5.26. The molecule has 0 aromatic heterocycles. The molecule has 0 radical (unpaired) electrons. The number of guanidine groups is 1. The van der Waals surface area contributed by atoms with Gasteiger partial charge in [0, 0.05) is 52.0 Å². The van der Waals surface area contributed by atoms with Crippen LogP contribution in [0.1, 0.15) is 11.1 Å². The Morgan fingerprint density at radius 2 is 1.66 bits per heavy atom. The standard InChI is InChI=1S/C23H33N5O/c1-24-23(25-17-19-7-5-6-8-20(19)18-26(2)3)28-15-13-27(14-16-28)21-9-11-22(29-4)12-10-21/h5-12H,13-18H2,1-4H3,(H,24,25). The van der Waals surface area contributed by atoms with Gasteiger partial charge in [-0.15, -0.1) is 0 Å². The van der Waals surface area contributed by atoms with E-state index in [0.717, 1.165) is 51.0 Å². The second-order valence-electron chi connectivity index (χ2n) is 7.58. The predicted molar refractivity (Wildman–Crippen MR) is 121 cm³/mol. The second-order valence-corrected chi connectivity index (χ2v) is 7.58. The number of aliphatic imine (C=N–C) groups is 1. The molecular formula is C23H33N5O. The SMILES string of the molecule is CN=C(NCc1ccccc1CN(C)C)N1CCN(c2ccc(OC)cc2)CC1. The van der Waals surface area contributed by atoms with E-state index in [9.17, 15) is 0 Å². The highest BCUT2D eigenvalue weighted by Crippen LogP contribution is 2.20. The summed E-state index contributed by atoms with van der Waals surface area (Å²) >= 11 is 0. The Morgan fingerprint density at radius 3 is 2.24 bits per heavy atom. The van der Waals surface area contributed by atoms with Gasteiger partial charge < -0.3 is 24.8 Å². The Hall–Kier alpha value is -2.73. The van der Waals surface area contributed by atoms with Gasteiger partial charge in [0.15, 0.2) is 5.96 Å². The maximum Gasteiger partial charge on any atom is 0.194 e. The third-order valence-electron chi connectivity index (χ3n) is 5.27. The van der Waals surface area contributed by atoms with Gasteiger partial charge in [-0.1, -0.05) is 24.3 Å². The molecule has 3 rings (SSSR count). The number of ether oxygens (including phenoxy) is 1. The quantitative estimate of drug-likeness (QED) is 0.602. The normalized spacial score (nSPS) is 15.0. The summed E-state index contributed by atoms with van der Waals surface area (Å²) in [5.41, 5.74) is 3.91. The number of anilines is 1. The molecule has 1 N–H and O–H groups in total. The minimum absolute atomic E-state index is 0.787. The predicted octanol–water partition coefficient (Wildman–Crippen LogP) is 2.65. The van der Waals surface area contributed by atoms with Gasteiger partial charge in [0.1, 0.15) is 5.75 Å². The molecule has 1 fully saturated rings. The highest BCUT2D eigenvalue weighted by Gasteiger charge is 2.20. The molecule has 0 aliphatic carbocycles. The van der Waals surface area contributed by atoms with E-state index in [0.29, 0.717) is 0 Å². The van der Waals surface area contributed by atoms with Crippen LogP contribution in [0.3, 0.4) is 0 Å². The molecule has 29 heavy (non-hydrogen) atoms. The number of benzene rings is 2. The van der Waals surface area contributed by atoms with E-state index in [1.807, 2.05) is 19.2 Å². The number of methoxy groups -OCH3 is 1. The lowest BCUT2D eigenvalue weighted by atomic mass is 10.1. The maximum absolute atomic E-state index is 5.26. The largest absolute Gasteiger partial charge is 0.497 e. The van der Waals surface area contributed by atoms with Gasteiger partial charge in [-0.2, -0.15) is 0 Å². The van der Waals surface area contributed by atoms with Gasteiger partial charge in [0.05, 0.1) is 7.11 Å². The van der Waals surface area contributed by atoms with Crippen molar-refractivity contribution in [2.45, 2.75) is 13.1 Å². The number of hydrogen-bond acceptors (Lipinski definition) is 4. The number of piperazine rings is 1. The zero-order valence-electron chi connectivity index (χ0n) is 18.1. The third-order valence-corrected chi connectivity index (χ3v) is 5.27. The van der Waals surface area contributed by atoms with Gasteiger partial charge in [0.2, 0.25) is 0 Å². The molecule has 0 saturated carbocycles. The molecule has 1 heterocycles. The van der Waals surface area contributed by atoms with Crippen molar-refractivity contribution in [1.82, 2.24) is 15.1 Å². The minimum Gasteiger partial charge on any atom is -0.497 e. The molecule has 6 heteroatoms. The molecule has 1 aliphatic rings. The first-order chi connectivity index (χ1) is 14.1. The monoisotopic (exact) mass is 395 g/mol. The summed E-state index contributed by atoms with van der Waals surface area (Å²) < 4.78 is 5.26. The van der Waals surface area contributed by atoms with Gasteiger partial charge in [-0.25, -0.2) is 0 Å². The summed E-state index contributed by atoms with van der Waals surface area (Å²) in [5, 5.41) is 3.56. The molecule has 1 aliphatic heterocycles. The highest BCUT2D eigenvalue weighted by molar-refractivity contribution is 5.80. The lowest BCUT2D eigenvalue weighted by Crippen LogP contribution is -2.52. The van der Waals surface area contributed by atoms with Gasteiger partial charge >= 0.3 is 0 Å². The van der Waals surface area contributed by atoms with Crippen molar-refractivity contribution < 1.29 is 4.74 Å².